The van der Waals surface area contributed by atoms with Gasteiger partial charge in [0.05, 0.1) is 22.9 Å². The van der Waals surface area contributed by atoms with Gasteiger partial charge < -0.3 is 14.9 Å². The summed E-state index contributed by atoms with van der Waals surface area (Å²) in [5.74, 6) is -0.951. The van der Waals surface area contributed by atoms with Crippen molar-refractivity contribution in [3.63, 3.8) is 0 Å². The molecule has 0 bridgehead atoms. The van der Waals surface area contributed by atoms with Gasteiger partial charge in [0.2, 0.25) is 5.91 Å². The number of likely N-dealkylation sites (N-methyl/N-ethyl adjacent to an activating group) is 1. The molecule has 0 saturated carbocycles. The predicted molar refractivity (Wildman–Crippen MR) is 96.4 cm³/mol. The molecule has 0 aliphatic heterocycles. The van der Waals surface area contributed by atoms with E-state index in [1.807, 2.05) is 0 Å². The highest BCUT2D eigenvalue weighted by molar-refractivity contribution is 6.06. The lowest BCUT2D eigenvalue weighted by molar-refractivity contribution is -0.145. The molecule has 0 aliphatic rings. The Morgan fingerprint density at radius 3 is 2.65 bits per heavy atom. The van der Waals surface area contributed by atoms with E-state index in [1.54, 1.807) is 55.4 Å². The second kappa shape index (κ2) is 6.97. The van der Waals surface area contributed by atoms with Gasteiger partial charge in [0.1, 0.15) is 17.8 Å². The van der Waals surface area contributed by atoms with E-state index in [0.29, 0.717) is 21.9 Å². The van der Waals surface area contributed by atoms with Crippen LogP contribution in [0.4, 0.5) is 0 Å². The molecule has 0 atom stereocenters. The minimum absolute atomic E-state index is 0.0948. The number of esters is 1. The van der Waals surface area contributed by atoms with Crippen LogP contribution in [-0.2, 0) is 16.1 Å². The third-order valence-corrected chi connectivity index (χ3v) is 3.92. The summed E-state index contributed by atoms with van der Waals surface area (Å²) in [6.45, 7) is 0.288. The summed E-state index contributed by atoms with van der Waals surface area (Å²) in [5, 5.41) is 9.53. The summed E-state index contributed by atoms with van der Waals surface area (Å²) in [7, 11) is 3.57. The van der Waals surface area contributed by atoms with E-state index in [1.165, 1.54) is 0 Å². The number of primary amides is 1. The standard InChI is InChI=1S/C19H19N3O4/c1-22(2)9-16(23)25-10-11-6-7-14-13(8-11)18(20)17-12(19(21)24)4-3-5-15(17)26-14/h3-8,20H,9-10H2,1-2H3,(H2,21,24). The number of nitrogens with zero attached hydrogens (tertiary/aromatic N) is 1. The van der Waals surface area contributed by atoms with Crippen molar-refractivity contribution in [1.29, 1.82) is 5.41 Å². The van der Waals surface area contributed by atoms with Crippen molar-refractivity contribution in [2.24, 2.45) is 5.73 Å². The number of amides is 1. The van der Waals surface area contributed by atoms with Crippen LogP contribution < -0.4 is 11.1 Å². The van der Waals surface area contributed by atoms with E-state index in [9.17, 15) is 9.59 Å². The predicted octanol–water partition coefficient (Wildman–Crippen LogP) is 1.77. The topological polar surface area (TPSA) is 110 Å². The Kier molecular flexibility index (Phi) is 4.73. The van der Waals surface area contributed by atoms with Gasteiger partial charge >= 0.3 is 5.97 Å². The summed E-state index contributed by atoms with van der Waals surface area (Å²) in [6.07, 6.45) is 0. The molecule has 0 spiro atoms. The Balaban J connectivity index is 2.03. The number of hydrogen-bond donors (Lipinski definition) is 2. The minimum atomic E-state index is -0.618. The normalized spacial score (nSPS) is 11.2. The van der Waals surface area contributed by atoms with Crippen LogP contribution in [0.1, 0.15) is 15.9 Å². The Morgan fingerprint density at radius 1 is 1.19 bits per heavy atom. The zero-order chi connectivity index (χ0) is 18.8. The zero-order valence-corrected chi connectivity index (χ0v) is 14.5. The van der Waals surface area contributed by atoms with Gasteiger partial charge in [-0.25, -0.2) is 0 Å². The molecule has 7 nitrogen and oxygen atoms in total. The number of benzene rings is 2. The van der Waals surface area contributed by atoms with Crippen LogP contribution in [-0.4, -0.2) is 37.4 Å². The highest BCUT2D eigenvalue weighted by Crippen LogP contribution is 2.22. The Morgan fingerprint density at radius 2 is 1.96 bits per heavy atom. The van der Waals surface area contributed by atoms with Crippen LogP contribution in [0.3, 0.4) is 0 Å². The summed E-state index contributed by atoms with van der Waals surface area (Å²) in [5.41, 5.74) is 7.31. The molecule has 3 N–H and O–H groups in total. The molecule has 1 heterocycles. The molecule has 0 radical (unpaired) electrons. The maximum absolute atomic E-state index is 11.7. The second-order valence-electron chi connectivity index (χ2n) is 6.25. The average molecular weight is 353 g/mol. The number of carbonyl (C=O) groups excluding carboxylic acids is 2. The Labute approximate surface area is 149 Å². The van der Waals surface area contributed by atoms with E-state index in [0.717, 1.165) is 5.56 Å². The number of hydrogen-bond acceptors (Lipinski definition) is 6. The first kappa shape index (κ1) is 17.6. The number of rotatable bonds is 5. The van der Waals surface area contributed by atoms with E-state index in [-0.39, 0.29) is 30.0 Å². The zero-order valence-electron chi connectivity index (χ0n) is 14.5. The molecule has 1 aromatic heterocycles. The molecule has 3 rings (SSSR count). The van der Waals surface area contributed by atoms with E-state index < -0.39 is 5.91 Å². The second-order valence-corrected chi connectivity index (χ2v) is 6.25. The van der Waals surface area contributed by atoms with Crippen molar-refractivity contribution in [3.8, 4) is 0 Å². The van der Waals surface area contributed by atoms with Crippen molar-refractivity contribution in [2.75, 3.05) is 20.6 Å². The van der Waals surface area contributed by atoms with Crippen molar-refractivity contribution in [3.05, 3.63) is 52.9 Å². The van der Waals surface area contributed by atoms with Crippen molar-refractivity contribution >= 4 is 33.8 Å². The SMILES string of the molecule is CN(C)CC(=O)OCc1ccc2oc3cccc(C(N)=O)c3c(=N)c2c1. The fraction of sp³-hybridized carbons (Fsp3) is 0.211. The number of nitrogens with two attached hydrogens (primary N) is 1. The van der Waals surface area contributed by atoms with Crippen LogP contribution in [0.2, 0.25) is 0 Å². The summed E-state index contributed by atoms with van der Waals surface area (Å²) >= 11 is 0. The van der Waals surface area contributed by atoms with Gasteiger partial charge in [-0.1, -0.05) is 12.1 Å². The average Bonchev–Trinajstić information content (AvgIpc) is 2.59. The molecule has 0 fully saturated rings. The summed E-state index contributed by atoms with van der Waals surface area (Å²) < 4.78 is 11.0. The fourth-order valence-corrected chi connectivity index (χ4v) is 2.75. The molecule has 7 heteroatoms. The Hall–Kier alpha value is -3.19. The summed E-state index contributed by atoms with van der Waals surface area (Å²) in [6, 6.07) is 10.1. The highest BCUT2D eigenvalue weighted by atomic mass is 16.5. The first-order valence-electron chi connectivity index (χ1n) is 8.00. The molecular formula is C19H19N3O4. The third kappa shape index (κ3) is 3.43. The number of nitrogens with one attached hydrogen (secondary N) is 1. The van der Waals surface area contributed by atoms with Crippen LogP contribution in [0, 0.1) is 5.41 Å². The van der Waals surface area contributed by atoms with Crippen molar-refractivity contribution in [1.82, 2.24) is 4.90 Å². The van der Waals surface area contributed by atoms with Gasteiger partial charge in [-0.05, 0) is 43.9 Å². The number of fused-ring (bicyclic) bond motifs is 2. The Bertz CT molecular complexity index is 1070. The molecule has 0 unspecified atom stereocenters. The molecule has 0 aliphatic carbocycles. The van der Waals surface area contributed by atoms with Crippen LogP contribution in [0.15, 0.2) is 40.8 Å². The lowest BCUT2D eigenvalue weighted by Crippen LogP contribution is -2.23. The lowest BCUT2D eigenvalue weighted by Gasteiger charge is -2.10. The van der Waals surface area contributed by atoms with Gasteiger partial charge in [-0.3, -0.25) is 19.9 Å². The summed E-state index contributed by atoms with van der Waals surface area (Å²) in [4.78, 5) is 25.1. The van der Waals surface area contributed by atoms with E-state index in [4.69, 9.17) is 20.3 Å². The first-order chi connectivity index (χ1) is 12.4. The highest BCUT2D eigenvalue weighted by Gasteiger charge is 2.13. The van der Waals surface area contributed by atoms with E-state index in [2.05, 4.69) is 0 Å². The monoisotopic (exact) mass is 353 g/mol. The number of carbonyl (C=O) groups is 2. The van der Waals surface area contributed by atoms with Gasteiger partial charge in [0, 0.05) is 5.39 Å². The van der Waals surface area contributed by atoms with Crippen molar-refractivity contribution < 1.29 is 18.7 Å². The van der Waals surface area contributed by atoms with Gasteiger partial charge in [0.15, 0.2) is 0 Å². The lowest BCUT2D eigenvalue weighted by atomic mass is 10.0. The maximum atomic E-state index is 11.7. The molecule has 134 valence electrons. The van der Waals surface area contributed by atoms with Crippen molar-refractivity contribution in [2.45, 2.75) is 6.61 Å². The number of ether oxygens (including phenoxy) is 1. The van der Waals surface area contributed by atoms with Crippen LogP contribution in [0.25, 0.3) is 21.9 Å². The minimum Gasteiger partial charge on any atom is -0.460 e. The first-order valence-corrected chi connectivity index (χ1v) is 8.00. The molecule has 1 amide bonds. The fourth-order valence-electron chi connectivity index (χ4n) is 2.75. The van der Waals surface area contributed by atoms with Crippen LogP contribution >= 0.6 is 0 Å². The largest absolute Gasteiger partial charge is 0.460 e. The van der Waals surface area contributed by atoms with Gasteiger partial charge in [0.25, 0.3) is 0 Å². The molecule has 26 heavy (non-hydrogen) atoms. The molecular weight excluding hydrogens is 334 g/mol. The molecule has 0 saturated heterocycles. The quantitative estimate of drug-likeness (QED) is 0.537. The maximum Gasteiger partial charge on any atom is 0.320 e. The molecule has 3 aromatic rings. The van der Waals surface area contributed by atoms with E-state index >= 15 is 0 Å². The van der Waals surface area contributed by atoms with Gasteiger partial charge in [-0.2, -0.15) is 0 Å². The smallest absolute Gasteiger partial charge is 0.320 e. The van der Waals surface area contributed by atoms with Gasteiger partial charge in [-0.15, -0.1) is 0 Å². The molecule has 2 aromatic carbocycles. The third-order valence-electron chi connectivity index (χ3n) is 3.92. The van der Waals surface area contributed by atoms with Crippen LogP contribution in [0.5, 0.6) is 0 Å².